The Hall–Kier alpha value is -5.79. The first-order valence-corrected chi connectivity index (χ1v) is 31.7. The molecule has 18 heteroatoms. The van der Waals surface area contributed by atoms with Crippen LogP contribution in [0.15, 0.2) is 66.7 Å². The fourth-order valence-corrected chi connectivity index (χ4v) is 10.4. The van der Waals surface area contributed by atoms with Crippen LogP contribution >= 0.6 is 0 Å². The smallest absolute Gasteiger partial charge is 0.407 e. The molecule has 3 amide bonds. The lowest BCUT2D eigenvalue weighted by molar-refractivity contribution is -0.130. The predicted octanol–water partition coefficient (Wildman–Crippen LogP) is 11.0. The second-order valence-electron chi connectivity index (χ2n) is 26.5. The second-order valence-corrected chi connectivity index (χ2v) is 26.5. The minimum Gasteiger partial charge on any atom is -0.493 e. The molecule has 0 heterocycles. The van der Waals surface area contributed by atoms with Gasteiger partial charge in [0, 0.05) is 81.8 Å². The number of ether oxygens (including phenoxy) is 7. The Bertz CT molecular complexity index is 2520. The van der Waals surface area contributed by atoms with Gasteiger partial charge in [-0.3, -0.25) is 19.2 Å². The molecule has 0 aromatic heterocycles. The Balaban J connectivity index is 0.000000616. The van der Waals surface area contributed by atoms with Gasteiger partial charge in [0.15, 0.2) is 23.0 Å². The fraction of sp³-hybridized carbons (Fsp3) is 0.671. The lowest BCUT2D eigenvalue weighted by atomic mass is 9.78. The first-order valence-electron chi connectivity index (χ1n) is 31.7. The van der Waals surface area contributed by atoms with E-state index in [1.54, 1.807) is 56.1 Å². The molecule has 8 atom stereocenters. The Labute approximate surface area is 527 Å². The summed E-state index contributed by atoms with van der Waals surface area (Å²) in [6.45, 7) is 25.7. The van der Waals surface area contributed by atoms with Gasteiger partial charge in [-0.05, 0) is 128 Å². The number of amides is 3. The number of methoxy groups -OCH3 is 4. The van der Waals surface area contributed by atoms with Crippen molar-refractivity contribution in [1.29, 1.82) is 0 Å². The van der Waals surface area contributed by atoms with Crippen LogP contribution in [0.25, 0.3) is 0 Å². The van der Waals surface area contributed by atoms with Crippen LogP contribution in [0.1, 0.15) is 164 Å². The van der Waals surface area contributed by atoms with Crippen molar-refractivity contribution < 1.29 is 67.3 Å². The summed E-state index contributed by atoms with van der Waals surface area (Å²) in [5.74, 6) is 1.83. The Morgan fingerprint density at radius 1 is 0.523 bits per heavy atom. The summed E-state index contributed by atoms with van der Waals surface area (Å²) in [4.78, 5) is 63.2. The van der Waals surface area contributed by atoms with E-state index in [9.17, 15) is 34.2 Å². The van der Waals surface area contributed by atoms with Crippen LogP contribution in [0.2, 0.25) is 0 Å². The lowest BCUT2D eigenvalue weighted by Crippen LogP contribution is -2.47. The molecule has 0 unspecified atom stereocenters. The number of benzene rings is 3. The zero-order valence-corrected chi connectivity index (χ0v) is 56.3. The number of nitrogens with two attached hydrogens (primary N) is 3. The third-order valence-electron chi connectivity index (χ3n) is 17.2. The maximum absolute atomic E-state index is 13.5. The van der Waals surface area contributed by atoms with Gasteiger partial charge in [-0.2, -0.15) is 0 Å². The van der Waals surface area contributed by atoms with E-state index in [4.69, 9.17) is 50.4 Å². The quantitative estimate of drug-likeness (QED) is 0.0287. The minimum absolute atomic E-state index is 0.0366. The van der Waals surface area contributed by atoms with E-state index in [2.05, 4.69) is 33.0 Å². The van der Waals surface area contributed by atoms with E-state index in [-0.39, 0.29) is 72.9 Å². The first-order chi connectivity index (χ1) is 41.4. The van der Waals surface area contributed by atoms with Crippen LogP contribution in [-0.2, 0) is 52.8 Å². The summed E-state index contributed by atoms with van der Waals surface area (Å²) in [5.41, 5.74) is 19.0. The SMILES string of the molecule is COCCCOc1cc(C[C@@H](C[C@H](N)[C@@H](O)C[C@H](C(=O)CCC(C)(C)C(N)=O)C(C)C)C(C)C)ccc1OC.COCCCOc1cc(C[C@@H](C[C@H](NC(=O)OCc2ccccc2)[C@@H](O)C[C@H](C(=O)CCC(C)(C)C(N)=O)C(C)C)C(C)C)ccc1OC. The van der Waals surface area contributed by atoms with Gasteiger partial charge in [-0.15, -0.1) is 0 Å². The minimum atomic E-state index is -1.03. The van der Waals surface area contributed by atoms with Gasteiger partial charge in [-0.25, -0.2) is 4.79 Å². The molecule has 0 saturated carbocycles. The number of alkyl carbamates (subject to hydrolysis) is 1. The van der Waals surface area contributed by atoms with E-state index < -0.39 is 58.9 Å². The van der Waals surface area contributed by atoms with Crippen molar-refractivity contribution in [3.63, 3.8) is 0 Å². The number of hydrogen-bond acceptors (Lipinski definition) is 15. The molecule has 0 fully saturated rings. The molecular weight excluding hydrogens is 1120 g/mol. The molecule has 0 spiro atoms. The summed E-state index contributed by atoms with van der Waals surface area (Å²) in [6, 6.07) is 20.1. The van der Waals surface area contributed by atoms with Gasteiger partial charge in [0.05, 0.1) is 45.7 Å². The van der Waals surface area contributed by atoms with Crippen molar-refractivity contribution in [2.75, 3.05) is 54.9 Å². The van der Waals surface area contributed by atoms with Gasteiger partial charge in [0.2, 0.25) is 11.8 Å². The largest absolute Gasteiger partial charge is 0.493 e. The maximum Gasteiger partial charge on any atom is 0.407 e. The standard InChI is InChI=1S/C39H60N2O8.C31H54N2O6/c1-26(2)30(21-29-15-16-35(47-8)36(22-29)48-20-12-19-46-7)23-32(41-38(45)49-25-28-13-10-9-11-14-28)34(43)24-31(27(3)4)33(42)17-18-39(5,6)37(40)44;1-20(2)23(16-22-10-11-28(38-8)29(17-22)39-15-9-14-37-7)18-25(32)27(35)19-24(21(3)4)26(34)12-13-31(5,6)30(33)36/h9-11,13-16,22,26-27,30-32,34,43H,12,17-21,23-25H2,1-8H3,(H2,40,44)(H,41,45);10-11,17,20-21,23-25,27,35H,9,12-16,18-19,32H2,1-8H3,(H2,33,36)/t30-,31-,32-,34-;23-,24-,25-,27-/m00/s1. The topological polar surface area (TPSA) is 281 Å². The molecule has 18 nitrogen and oxygen atoms in total. The van der Waals surface area contributed by atoms with E-state index in [1.807, 2.05) is 94.4 Å². The number of carbonyl (C=O) groups excluding carboxylic acids is 5. The summed E-state index contributed by atoms with van der Waals surface area (Å²) in [7, 11) is 6.56. The molecule has 3 aromatic carbocycles. The fourth-order valence-electron chi connectivity index (χ4n) is 10.4. The molecule has 498 valence electrons. The third kappa shape index (κ3) is 28.4. The lowest BCUT2D eigenvalue weighted by Gasteiger charge is -2.32. The zero-order valence-electron chi connectivity index (χ0n) is 56.3. The van der Waals surface area contributed by atoms with Gasteiger partial charge in [-0.1, -0.05) is 126 Å². The van der Waals surface area contributed by atoms with Gasteiger partial charge in [0.25, 0.3) is 0 Å². The van der Waals surface area contributed by atoms with Gasteiger partial charge in [0.1, 0.15) is 18.2 Å². The Morgan fingerprint density at radius 3 is 1.33 bits per heavy atom. The highest BCUT2D eigenvalue weighted by atomic mass is 16.5. The highest BCUT2D eigenvalue weighted by Crippen LogP contribution is 2.35. The first kappa shape index (κ1) is 78.3. The van der Waals surface area contributed by atoms with E-state index in [0.717, 1.165) is 36.0 Å². The van der Waals surface area contributed by atoms with E-state index in [0.29, 0.717) is 93.9 Å². The highest BCUT2D eigenvalue weighted by molar-refractivity contribution is 5.85. The summed E-state index contributed by atoms with van der Waals surface area (Å²) < 4.78 is 38.7. The van der Waals surface area contributed by atoms with Crippen LogP contribution < -0.4 is 41.5 Å². The zero-order chi connectivity index (χ0) is 66.3. The number of aliphatic hydroxyl groups is 2. The number of ketones is 2. The van der Waals surface area contributed by atoms with Crippen molar-refractivity contribution in [3.05, 3.63) is 83.4 Å². The summed E-state index contributed by atoms with van der Waals surface area (Å²) in [5, 5.41) is 25.7. The molecule has 0 aliphatic carbocycles. The Morgan fingerprint density at radius 2 is 0.943 bits per heavy atom. The number of carbonyl (C=O) groups is 5. The van der Waals surface area contributed by atoms with E-state index in [1.165, 1.54) is 0 Å². The summed E-state index contributed by atoms with van der Waals surface area (Å²) in [6.07, 6.45) is 3.18. The molecule has 3 aromatic rings. The Kier molecular flexibility index (Phi) is 35.6. The number of aliphatic hydroxyl groups excluding tert-OH is 2. The van der Waals surface area contributed by atoms with Crippen LogP contribution in [0.4, 0.5) is 4.79 Å². The number of nitrogens with one attached hydrogen (secondary N) is 1. The predicted molar refractivity (Wildman–Crippen MR) is 347 cm³/mol. The molecule has 0 saturated heterocycles. The number of primary amides is 2. The van der Waals surface area contributed by atoms with Crippen LogP contribution in [-0.4, -0.2) is 119 Å². The van der Waals surface area contributed by atoms with Gasteiger partial charge < -0.3 is 65.9 Å². The molecule has 0 radical (unpaired) electrons. The van der Waals surface area contributed by atoms with Crippen LogP contribution in [0.3, 0.4) is 0 Å². The molecule has 88 heavy (non-hydrogen) atoms. The molecule has 0 aliphatic heterocycles. The van der Waals surface area contributed by atoms with Crippen molar-refractivity contribution in [2.45, 2.75) is 191 Å². The molecule has 0 bridgehead atoms. The highest BCUT2D eigenvalue weighted by Gasteiger charge is 2.36. The van der Waals surface area contributed by atoms with Crippen molar-refractivity contribution >= 4 is 29.5 Å². The molecular formula is C70H114N4O14. The normalized spacial score (nSPS) is 14.6. The van der Waals surface area contributed by atoms with Crippen molar-refractivity contribution in [3.8, 4) is 23.0 Å². The van der Waals surface area contributed by atoms with E-state index >= 15 is 0 Å². The number of hydrogen-bond donors (Lipinski definition) is 6. The van der Waals surface area contributed by atoms with Crippen molar-refractivity contribution in [1.82, 2.24) is 5.32 Å². The second kappa shape index (κ2) is 40.1. The van der Waals surface area contributed by atoms with Crippen molar-refractivity contribution in [2.24, 2.45) is 75.4 Å². The average molecular weight is 1240 g/mol. The molecule has 9 N–H and O–H groups in total. The maximum atomic E-state index is 13.5. The van der Waals surface area contributed by atoms with Crippen LogP contribution in [0, 0.1) is 58.2 Å². The third-order valence-corrected chi connectivity index (χ3v) is 17.2. The molecule has 0 aliphatic rings. The monoisotopic (exact) mass is 1230 g/mol. The molecule has 3 rings (SSSR count). The number of rotatable bonds is 43. The number of Topliss-reactive ketones (excluding diaryl/α,β-unsaturated/α-hetero) is 2. The van der Waals surface area contributed by atoms with Gasteiger partial charge >= 0.3 is 6.09 Å². The summed E-state index contributed by atoms with van der Waals surface area (Å²) >= 11 is 0. The average Bonchev–Trinajstić information content (AvgIpc) is 2.14. The van der Waals surface area contributed by atoms with Crippen LogP contribution in [0.5, 0.6) is 23.0 Å².